The fourth-order valence-corrected chi connectivity index (χ4v) is 3.14. The number of alkyl halides is 1. The molecule has 2 unspecified atom stereocenters. The van der Waals surface area contributed by atoms with E-state index < -0.39 is 0 Å². The molecule has 1 aliphatic heterocycles. The molecule has 3 N–H and O–H groups in total. The van der Waals surface area contributed by atoms with Gasteiger partial charge in [0.15, 0.2) is 0 Å². The lowest BCUT2D eigenvalue weighted by molar-refractivity contribution is 0.0598. The molecule has 0 amide bonds. The maximum atomic E-state index is 12.1. The standard InChI is InChI=1S/C15H18N2O3.CH3Br/c1-7-6-16-9-4-5-10(18)14-13(11(7)9)12(8(2)17-14)15(19)20-3;1-2/h4-5,7,9,16-18H,6H2,1-3H3;1H3. The van der Waals surface area contributed by atoms with Crippen molar-refractivity contribution in [2.45, 2.75) is 19.9 Å². The Bertz CT molecular complexity index is 733. The van der Waals surface area contributed by atoms with Crippen molar-refractivity contribution in [1.29, 1.82) is 0 Å². The summed E-state index contributed by atoms with van der Waals surface area (Å²) in [5.74, 6) is 1.88. The number of ether oxygens (including phenoxy) is 1. The molecule has 5 nitrogen and oxygen atoms in total. The van der Waals surface area contributed by atoms with E-state index in [2.05, 4.69) is 33.2 Å². The summed E-state index contributed by atoms with van der Waals surface area (Å²) in [7, 11) is 1.37. The second-order valence-corrected chi connectivity index (χ2v) is 5.35. The van der Waals surface area contributed by atoms with Gasteiger partial charge in [0.25, 0.3) is 0 Å². The molecule has 2 atom stereocenters. The van der Waals surface area contributed by atoms with Gasteiger partial charge in [-0.05, 0) is 30.3 Å². The minimum atomic E-state index is -0.375. The van der Waals surface area contributed by atoms with Crippen LogP contribution >= 0.6 is 15.9 Å². The molecular formula is C16H21BrN2O3. The molecule has 6 heteroatoms. The highest BCUT2D eigenvalue weighted by atomic mass is 79.9. The molecule has 3 rings (SSSR count). The Morgan fingerprint density at radius 1 is 1.45 bits per heavy atom. The Hall–Kier alpha value is -1.53. The van der Waals surface area contributed by atoms with Crippen LogP contribution in [0.25, 0.3) is 11.3 Å². The summed E-state index contributed by atoms with van der Waals surface area (Å²) >= 11 is 2.94. The maximum absolute atomic E-state index is 12.1. The smallest absolute Gasteiger partial charge is 0.340 e. The number of methoxy groups -OCH3 is 1. The minimum absolute atomic E-state index is 0.0482. The topological polar surface area (TPSA) is 74.4 Å². The van der Waals surface area contributed by atoms with Crippen molar-refractivity contribution >= 4 is 33.2 Å². The summed E-state index contributed by atoms with van der Waals surface area (Å²) in [6.07, 6.45) is 3.61. The van der Waals surface area contributed by atoms with Crippen LogP contribution in [-0.2, 0) is 4.74 Å². The molecule has 0 radical (unpaired) electrons. The maximum Gasteiger partial charge on any atom is 0.340 e. The largest absolute Gasteiger partial charge is 0.506 e. The minimum Gasteiger partial charge on any atom is -0.506 e. The van der Waals surface area contributed by atoms with E-state index in [1.807, 2.05) is 18.8 Å². The molecule has 0 bridgehead atoms. The van der Waals surface area contributed by atoms with Gasteiger partial charge in [-0.25, -0.2) is 4.79 Å². The lowest BCUT2D eigenvalue weighted by atomic mass is 9.96. The Morgan fingerprint density at radius 3 is 2.77 bits per heavy atom. The van der Waals surface area contributed by atoms with Crippen LogP contribution < -0.4 is 15.9 Å². The number of nitrogens with one attached hydrogen (secondary N) is 2. The van der Waals surface area contributed by atoms with Crippen LogP contribution in [-0.4, -0.2) is 41.6 Å². The molecule has 2 heterocycles. The number of halogens is 1. The van der Waals surface area contributed by atoms with Crippen molar-refractivity contribution < 1.29 is 14.6 Å². The van der Waals surface area contributed by atoms with E-state index in [9.17, 15) is 9.90 Å². The SMILES string of the molecule is CBr.COC(=O)c1c(C)[nH]c2c1=C1C(C)CNC1C=CC=2O. The van der Waals surface area contributed by atoms with Crippen molar-refractivity contribution in [3.63, 3.8) is 0 Å². The van der Waals surface area contributed by atoms with Gasteiger partial charge in [-0.3, -0.25) is 0 Å². The van der Waals surface area contributed by atoms with Crippen LogP contribution in [0, 0.1) is 12.8 Å². The summed E-state index contributed by atoms with van der Waals surface area (Å²) in [6.45, 7) is 4.79. The van der Waals surface area contributed by atoms with Crippen LogP contribution in [0.1, 0.15) is 23.0 Å². The van der Waals surface area contributed by atoms with Gasteiger partial charge < -0.3 is 20.1 Å². The monoisotopic (exact) mass is 368 g/mol. The first-order chi connectivity index (χ1) is 10.5. The molecule has 22 heavy (non-hydrogen) atoms. The molecule has 1 saturated heterocycles. The highest BCUT2D eigenvalue weighted by Gasteiger charge is 2.30. The summed E-state index contributed by atoms with van der Waals surface area (Å²) in [5, 5.41) is 15.0. The third-order valence-corrected chi connectivity index (χ3v) is 4.08. The number of H-pyrrole nitrogens is 1. The van der Waals surface area contributed by atoms with Gasteiger partial charge in [0.2, 0.25) is 0 Å². The first-order valence-electron chi connectivity index (χ1n) is 7.08. The van der Waals surface area contributed by atoms with E-state index in [0.29, 0.717) is 22.5 Å². The molecule has 0 aromatic carbocycles. The Balaban J connectivity index is 0.000000847. The van der Waals surface area contributed by atoms with Crippen molar-refractivity contribution in [2.75, 3.05) is 19.5 Å². The molecule has 1 aliphatic carbocycles. The lowest BCUT2D eigenvalue weighted by Gasteiger charge is -2.09. The van der Waals surface area contributed by atoms with Crippen LogP contribution in [0.5, 0.6) is 0 Å². The van der Waals surface area contributed by atoms with Crippen LogP contribution in [0.3, 0.4) is 0 Å². The fraction of sp³-hybridized carbons (Fsp3) is 0.438. The molecule has 0 saturated carbocycles. The second-order valence-electron chi connectivity index (χ2n) is 5.35. The normalized spacial score (nSPS) is 22.4. The van der Waals surface area contributed by atoms with Crippen molar-refractivity contribution in [1.82, 2.24) is 10.3 Å². The quantitative estimate of drug-likeness (QED) is 0.512. The lowest BCUT2D eigenvalue weighted by Crippen LogP contribution is -2.34. The predicted octanol–water partition coefficient (Wildman–Crippen LogP) is 1.12. The van der Waals surface area contributed by atoms with Gasteiger partial charge in [0, 0.05) is 23.5 Å². The molecule has 1 aromatic heterocycles. The zero-order chi connectivity index (χ0) is 16.4. The number of carbonyl (C=O) groups excluding carboxylic acids is 1. The molecule has 1 aromatic rings. The van der Waals surface area contributed by atoms with E-state index >= 15 is 0 Å². The summed E-state index contributed by atoms with van der Waals surface area (Å²) in [6, 6.07) is 0.0482. The Kier molecular flexibility index (Phi) is 5.13. The number of aromatic amines is 1. The summed E-state index contributed by atoms with van der Waals surface area (Å²) in [4.78, 5) is 15.2. The summed E-state index contributed by atoms with van der Waals surface area (Å²) < 4.78 is 4.90. The number of fused-ring (bicyclic) bond motifs is 2. The number of aromatic nitrogens is 1. The zero-order valence-electron chi connectivity index (χ0n) is 13.2. The van der Waals surface area contributed by atoms with Gasteiger partial charge in [-0.2, -0.15) is 0 Å². The molecular weight excluding hydrogens is 348 g/mol. The fourth-order valence-electron chi connectivity index (χ4n) is 3.14. The number of aliphatic hydroxyl groups excluding tert-OH is 1. The average molecular weight is 369 g/mol. The van der Waals surface area contributed by atoms with E-state index in [0.717, 1.165) is 17.3 Å². The number of esters is 1. The third-order valence-electron chi connectivity index (χ3n) is 4.08. The van der Waals surface area contributed by atoms with E-state index in [-0.39, 0.29) is 17.8 Å². The Morgan fingerprint density at radius 2 is 2.14 bits per heavy atom. The van der Waals surface area contributed by atoms with Crippen molar-refractivity contribution in [3.8, 4) is 0 Å². The number of hydrogen-bond donors (Lipinski definition) is 3. The van der Waals surface area contributed by atoms with Gasteiger partial charge in [0.05, 0.1) is 18.0 Å². The van der Waals surface area contributed by atoms with E-state index in [1.165, 1.54) is 7.11 Å². The van der Waals surface area contributed by atoms with Crippen LogP contribution in [0.2, 0.25) is 0 Å². The second kappa shape index (κ2) is 6.71. The number of hydrogen-bond acceptors (Lipinski definition) is 4. The number of aryl methyl sites for hydroxylation is 1. The Labute approximate surface area is 137 Å². The first kappa shape index (κ1) is 16.8. The number of carbonyl (C=O) groups is 1. The molecule has 2 aliphatic rings. The van der Waals surface area contributed by atoms with Crippen molar-refractivity contribution in [3.05, 3.63) is 34.0 Å². The molecule has 120 valence electrons. The van der Waals surface area contributed by atoms with Crippen molar-refractivity contribution in [2.24, 2.45) is 5.92 Å². The first-order valence-corrected chi connectivity index (χ1v) is 8.66. The van der Waals surface area contributed by atoms with Crippen LogP contribution in [0.15, 0.2) is 12.2 Å². The molecule has 1 fully saturated rings. The van der Waals surface area contributed by atoms with E-state index in [4.69, 9.17) is 4.74 Å². The third kappa shape index (κ3) is 2.61. The van der Waals surface area contributed by atoms with E-state index in [1.54, 1.807) is 6.08 Å². The van der Waals surface area contributed by atoms with Gasteiger partial charge in [-0.15, -0.1) is 0 Å². The van der Waals surface area contributed by atoms with Gasteiger partial charge in [-0.1, -0.05) is 28.9 Å². The average Bonchev–Trinajstić information content (AvgIpc) is 3.02. The highest BCUT2D eigenvalue weighted by molar-refractivity contribution is 9.08. The highest BCUT2D eigenvalue weighted by Crippen LogP contribution is 2.24. The van der Waals surface area contributed by atoms with Gasteiger partial charge >= 0.3 is 5.97 Å². The predicted molar refractivity (Wildman–Crippen MR) is 90.5 cm³/mol. The summed E-state index contributed by atoms with van der Waals surface area (Å²) in [5.41, 5.74) is 2.37. The molecule has 0 spiro atoms. The van der Waals surface area contributed by atoms with Crippen LogP contribution in [0.4, 0.5) is 0 Å². The number of aliphatic hydroxyl groups is 1. The zero-order valence-corrected chi connectivity index (χ0v) is 14.7. The number of rotatable bonds is 1. The van der Waals surface area contributed by atoms with Gasteiger partial charge in [0.1, 0.15) is 5.76 Å².